The third-order valence-corrected chi connectivity index (χ3v) is 2.79. The van der Waals surface area contributed by atoms with Crippen LogP contribution in [-0.2, 0) is 14.4 Å². The van der Waals surface area contributed by atoms with E-state index in [9.17, 15) is 14.4 Å². The lowest BCUT2D eigenvalue weighted by Gasteiger charge is -2.31. The van der Waals surface area contributed by atoms with E-state index in [0.29, 0.717) is 26.2 Å². The van der Waals surface area contributed by atoms with Crippen LogP contribution in [0.2, 0.25) is 0 Å². The van der Waals surface area contributed by atoms with Crippen molar-refractivity contribution in [3.05, 3.63) is 0 Å². The van der Waals surface area contributed by atoms with Crippen molar-refractivity contribution in [2.45, 2.75) is 19.9 Å². The van der Waals surface area contributed by atoms with E-state index in [1.54, 1.807) is 6.92 Å². The smallest absolute Gasteiger partial charge is 0.237 e. The molecule has 0 radical (unpaired) electrons. The predicted molar refractivity (Wildman–Crippen MR) is 65.7 cm³/mol. The van der Waals surface area contributed by atoms with Crippen LogP contribution in [0.15, 0.2) is 0 Å². The summed E-state index contributed by atoms with van der Waals surface area (Å²) in [6.07, 6.45) is 0. The van der Waals surface area contributed by atoms with Gasteiger partial charge >= 0.3 is 0 Å². The van der Waals surface area contributed by atoms with Gasteiger partial charge in [0.15, 0.2) is 0 Å². The molecule has 102 valence electrons. The molecule has 1 heterocycles. The minimum atomic E-state index is -0.278. The van der Waals surface area contributed by atoms with Crippen LogP contribution in [0, 0.1) is 0 Å². The van der Waals surface area contributed by atoms with Gasteiger partial charge in [-0.2, -0.15) is 0 Å². The molecule has 1 aliphatic heterocycles. The van der Waals surface area contributed by atoms with Gasteiger partial charge < -0.3 is 16.0 Å². The lowest BCUT2D eigenvalue weighted by Crippen LogP contribution is -2.56. The van der Waals surface area contributed by atoms with Gasteiger partial charge in [-0.15, -0.1) is 0 Å². The Morgan fingerprint density at radius 2 is 2.06 bits per heavy atom. The Hall–Kier alpha value is -1.63. The van der Waals surface area contributed by atoms with Crippen LogP contribution in [0.3, 0.4) is 0 Å². The van der Waals surface area contributed by atoms with Crippen LogP contribution >= 0.6 is 0 Å². The van der Waals surface area contributed by atoms with Crippen molar-refractivity contribution in [3.63, 3.8) is 0 Å². The lowest BCUT2D eigenvalue weighted by atomic mass is 10.2. The van der Waals surface area contributed by atoms with Crippen LogP contribution in [0.5, 0.6) is 0 Å². The van der Waals surface area contributed by atoms with Crippen molar-refractivity contribution in [3.8, 4) is 0 Å². The second kappa shape index (κ2) is 6.95. The van der Waals surface area contributed by atoms with E-state index in [0.717, 1.165) is 0 Å². The average molecular weight is 256 g/mol. The summed E-state index contributed by atoms with van der Waals surface area (Å²) in [7, 11) is 0. The molecule has 1 rings (SSSR count). The highest BCUT2D eigenvalue weighted by Crippen LogP contribution is 2.02. The van der Waals surface area contributed by atoms with Gasteiger partial charge in [0.2, 0.25) is 17.7 Å². The van der Waals surface area contributed by atoms with Crippen molar-refractivity contribution in [1.82, 2.24) is 20.9 Å². The van der Waals surface area contributed by atoms with Crippen LogP contribution in [0.25, 0.3) is 0 Å². The topological polar surface area (TPSA) is 90.5 Å². The van der Waals surface area contributed by atoms with Gasteiger partial charge in [-0.05, 0) is 6.92 Å². The third kappa shape index (κ3) is 4.70. The van der Waals surface area contributed by atoms with Crippen molar-refractivity contribution in [2.24, 2.45) is 0 Å². The molecule has 18 heavy (non-hydrogen) atoms. The molecule has 0 aliphatic carbocycles. The van der Waals surface area contributed by atoms with E-state index in [2.05, 4.69) is 16.0 Å². The van der Waals surface area contributed by atoms with Gasteiger partial charge in [0, 0.05) is 33.1 Å². The number of hydrogen-bond acceptors (Lipinski definition) is 4. The van der Waals surface area contributed by atoms with E-state index in [1.165, 1.54) is 6.92 Å². The highest BCUT2D eigenvalue weighted by molar-refractivity contribution is 5.84. The van der Waals surface area contributed by atoms with Gasteiger partial charge in [-0.1, -0.05) is 0 Å². The third-order valence-electron chi connectivity index (χ3n) is 2.79. The zero-order valence-electron chi connectivity index (χ0n) is 10.8. The van der Waals surface area contributed by atoms with Gasteiger partial charge in [0.05, 0.1) is 12.6 Å². The van der Waals surface area contributed by atoms with E-state index >= 15 is 0 Å². The van der Waals surface area contributed by atoms with E-state index in [-0.39, 0.29) is 30.3 Å². The number of carbonyl (C=O) groups excluding carboxylic acids is 3. The number of amides is 3. The number of nitrogens with zero attached hydrogens (tertiary/aromatic N) is 1. The quantitative estimate of drug-likeness (QED) is 0.499. The number of nitrogens with one attached hydrogen (secondary N) is 3. The van der Waals surface area contributed by atoms with Gasteiger partial charge in [-0.25, -0.2) is 0 Å². The molecule has 1 atom stereocenters. The normalized spacial score (nSPS) is 20.1. The molecule has 7 heteroatoms. The van der Waals surface area contributed by atoms with Crippen molar-refractivity contribution in [2.75, 3.05) is 32.7 Å². The summed E-state index contributed by atoms with van der Waals surface area (Å²) in [5, 5.41) is 8.02. The summed E-state index contributed by atoms with van der Waals surface area (Å²) in [5.74, 6) is -0.306. The average Bonchev–Trinajstić information content (AvgIpc) is 2.30. The number of hydrogen-bond donors (Lipinski definition) is 3. The first-order chi connectivity index (χ1) is 8.50. The molecule has 1 aliphatic rings. The summed E-state index contributed by atoms with van der Waals surface area (Å²) in [6.45, 7) is 5.46. The molecule has 1 fully saturated rings. The zero-order chi connectivity index (χ0) is 13.5. The molecule has 0 spiro atoms. The number of piperazine rings is 1. The maximum atomic E-state index is 11.6. The maximum Gasteiger partial charge on any atom is 0.237 e. The minimum Gasteiger partial charge on any atom is -0.355 e. The summed E-state index contributed by atoms with van der Waals surface area (Å²) in [5.41, 5.74) is 0. The Kier molecular flexibility index (Phi) is 5.57. The summed E-state index contributed by atoms with van der Waals surface area (Å²) in [6, 6.07) is -0.278. The SMILES string of the molecule is CC(=O)NCCNC(=O)CN1CCNC(=O)[C@@H]1C. The minimum absolute atomic E-state index is 0.0488. The van der Waals surface area contributed by atoms with Gasteiger partial charge in [-0.3, -0.25) is 19.3 Å². The van der Waals surface area contributed by atoms with Crippen molar-refractivity contribution < 1.29 is 14.4 Å². The molecular weight excluding hydrogens is 236 g/mol. The highest BCUT2D eigenvalue weighted by atomic mass is 16.2. The summed E-state index contributed by atoms with van der Waals surface area (Å²) < 4.78 is 0. The summed E-state index contributed by atoms with van der Waals surface area (Å²) in [4.78, 5) is 35.4. The number of rotatable bonds is 5. The van der Waals surface area contributed by atoms with Crippen molar-refractivity contribution >= 4 is 17.7 Å². The first-order valence-electron chi connectivity index (χ1n) is 6.03. The lowest BCUT2D eigenvalue weighted by molar-refractivity contribution is -0.131. The molecule has 3 amide bonds. The summed E-state index contributed by atoms with van der Waals surface area (Å²) >= 11 is 0. The zero-order valence-corrected chi connectivity index (χ0v) is 10.8. The van der Waals surface area contributed by atoms with Gasteiger partial charge in [0.25, 0.3) is 0 Å². The Morgan fingerprint density at radius 3 is 2.72 bits per heavy atom. The molecule has 7 nitrogen and oxygen atoms in total. The van der Waals surface area contributed by atoms with E-state index < -0.39 is 0 Å². The molecule has 0 aromatic carbocycles. The Balaban J connectivity index is 2.23. The van der Waals surface area contributed by atoms with Crippen LogP contribution in [0.4, 0.5) is 0 Å². The highest BCUT2D eigenvalue weighted by Gasteiger charge is 2.26. The van der Waals surface area contributed by atoms with Crippen LogP contribution in [0.1, 0.15) is 13.8 Å². The van der Waals surface area contributed by atoms with E-state index in [1.807, 2.05) is 4.90 Å². The second-order valence-corrected chi connectivity index (χ2v) is 4.27. The molecule has 0 bridgehead atoms. The Labute approximate surface area is 106 Å². The fourth-order valence-corrected chi connectivity index (χ4v) is 1.73. The standard InChI is InChI=1S/C11H20N4O3/c1-8-11(18)14-5-6-15(8)7-10(17)13-4-3-12-9(2)16/h8H,3-7H2,1-2H3,(H,12,16)(H,13,17)(H,14,18)/t8-/m0/s1. The molecule has 0 aromatic heterocycles. The van der Waals surface area contributed by atoms with Crippen molar-refractivity contribution in [1.29, 1.82) is 0 Å². The molecule has 0 saturated carbocycles. The molecular formula is C11H20N4O3. The first kappa shape index (κ1) is 14.4. The Morgan fingerprint density at radius 1 is 1.39 bits per heavy atom. The Bertz CT molecular complexity index is 332. The molecule has 0 aromatic rings. The fraction of sp³-hybridized carbons (Fsp3) is 0.727. The largest absolute Gasteiger partial charge is 0.355 e. The van der Waals surface area contributed by atoms with Crippen LogP contribution in [-0.4, -0.2) is 61.4 Å². The van der Waals surface area contributed by atoms with Gasteiger partial charge in [0.1, 0.15) is 0 Å². The molecule has 1 saturated heterocycles. The fourth-order valence-electron chi connectivity index (χ4n) is 1.73. The number of carbonyl (C=O) groups is 3. The maximum absolute atomic E-state index is 11.6. The van der Waals surface area contributed by atoms with E-state index in [4.69, 9.17) is 0 Å². The molecule has 0 unspecified atom stereocenters. The second-order valence-electron chi connectivity index (χ2n) is 4.27. The first-order valence-corrected chi connectivity index (χ1v) is 6.03. The predicted octanol–water partition coefficient (Wildman–Crippen LogP) is -1.94. The monoisotopic (exact) mass is 256 g/mol. The molecule has 3 N–H and O–H groups in total. The van der Waals surface area contributed by atoms with Crippen LogP contribution < -0.4 is 16.0 Å².